The lowest BCUT2D eigenvalue weighted by atomic mass is 9.97. The summed E-state index contributed by atoms with van der Waals surface area (Å²) in [6.45, 7) is 5.38. The molecular weight excluding hydrogens is 465 g/mol. The molecule has 0 radical (unpaired) electrons. The molecule has 0 unspecified atom stereocenters. The third-order valence-electron chi connectivity index (χ3n) is 5.24. The van der Waals surface area contributed by atoms with Crippen LogP contribution >= 0.6 is 15.9 Å². The SMILES string of the molecule is Cc1ccc(NC(=O)NC[C@H]2CCCN(C(=O)[C@@H](C)Oc3ccc(F)cc3Br)C2)cc1. The van der Waals surface area contributed by atoms with Crippen LogP contribution in [0.4, 0.5) is 14.9 Å². The van der Waals surface area contributed by atoms with E-state index < -0.39 is 6.10 Å². The van der Waals surface area contributed by atoms with Gasteiger partial charge in [-0.2, -0.15) is 0 Å². The summed E-state index contributed by atoms with van der Waals surface area (Å²) in [4.78, 5) is 26.8. The molecule has 0 spiro atoms. The first-order valence-corrected chi connectivity index (χ1v) is 11.1. The average Bonchev–Trinajstić information content (AvgIpc) is 2.75. The highest BCUT2D eigenvalue weighted by Gasteiger charge is 2.28. The van der Waals surface area contributed by atoms with Crippen LogP contribution in [0.1, 0.15) is 25.3 Å². The molecule has 1 heterocycles. The molecule has 1 saturated heterocycles. The van der Waals surface area contributed by atoms with Gasteiger partial charge in [-0.15, -0.1) is 0 Å². The van der Waals surface area contributed by atoms with Crippen molar-refractivity contribution in [3.63, 3.8) is 0 Å². The minimum atomic E-state index is -0.696. The van der Waals surface area contributed by atoms with Gasteiger partial charge in [0.2, 0.25) is 0 Å². The van der Waals surface area contributed by atoms with E-state index in [1.807, 2.05) is 31.2 Å². The molecule has 0 aromatic heterocycles. The Balaban J connectivity index is 1.48. The maximum Gasteiger partial charge on any atom is 0.319 e. The van der Waals surface area contributed by atoms with Crippen LogP contribution < -0.4 is 15.4 Å². The first-order valence-electron chi connectivity index (χ1n) is 10.3. The van der Waals surface area contributed by atoms with Crippen molar-refractivity contribution in [3.05, 3.63) is 58.3 Å². The number of anilines is 1. The number of halogens is 2. The Morgan fingerprint density at radius 1 is 1.26 bits per heavy atom. The number of nitrogens with one attached hydrogen (secondary N) is 2. The molecule has 1 aliphatic rings. The summed E-state index contributed by atoms with van der Waals surface area (Å²) < 4.78 is 19.5. The zero-order valence-electron chi connectivity index (χ0n) is 17.7. The lowest BCUT2D eigenvalue weighted by molar-refractivity contribution is -0.139. The lowest BCUT2D eigenvalue weighted by Crippen LogP contribution is -2.48. The van der Waals surface area contributed by atoms with Crippen molar-refractivity contribution in [1.29, 1.82) is 0 Å². The van der Waals surface area contributed by atoms with Gasteiger partial charge >= 0.3 is 6.03 Å². The molecule has 166 valence electrons. The van der Waals surface area contributed by atoms with E-state index in [-0.39, 0.29) is 23.7 Å². The number of rotatable bonds is 6. The summed E-state index contributed by atoms with van der Waals surface area (Å²) in [5, 5.41) is 5.71. The van der Waals surface area contributed by atoms with E-state index in [1.165, 1.54) is 18.2 Å². The number of carbonyl (C=O) groups excluding carboxylic acids is 2. The summed E-state index contributed by atoms with van der Waals surface area (Å²) in [6.07, 6.45) is 1.11. The van der Waals surface area contributed by atoms with Gasteiger partial charge in [-0.3, -0.25) is 4.79 Å². The number of aryl methyl sites for hydroxylation is 1. The number of hydrogen-bond donors (Lipinski definition) is 2. The monoisotopic (exact) mass is 491 g/mol. The van der Waals surface area contributed by atoms with Crippen molar-refractivity contribution in [2.24, 2.45) is 5.92 Å². The smallest absolute Gasteiger partial charge is 0.319 e. The van der Waals surface area contributed by atoms with E-state index in [4.69, 9.17) is 4.74 Å². The number of nitrogens with zero attached hydrogens (tertiary/aromatic N) is 1. The Morgan fingerprint density at radius 2 is 2.00 bits per heavy atom. The molecular formula is C23H27BrFN3O3. The molecule has 0 aliphatic carbocycles. The molecule has 31 heavy (non-hydrogen) atoms. The number of piperidine rings is 1. The molecule has 1 fully saturated rings. The highest BCUT2D eigenvalue weighted by molar-refractivity contribution is 9.10. The molecule has 6 nitrogen and oxygen atoms in total. The third-order valence-corrected chi connectivity index (χ3v) is 5.86. The van der Waals surface area contributed by atoms with E-state index in [2.05, 4.69) is 26.6 Å². The van der Waals surface area contributed by atoms with Crippen LogP contribution in [0.5, 0.6) is 5.75 Å². The van der Waals surface area contributed by atoms with Gasteiger partial charge < -0.3 is 20.3 Å². The number of hydrogen-bond acceptors (Lipinski definition) is 3. The Hall–Kier alpha value is -2.61. The van der Waals surface area contributed by atoms with Gasteiger partial charge in [-0.25, -0.2) is 9.18 Å². The number of benzene rings is 2. The highest BCUT2D eigenvalue weighted by Crippen LogP contribution is 2.27. The zero-order chi connectivity index (χ0) is 22.4. The van der Waals surface area contributed by atoms with Gasteiger partial charge in [-0.1, -0.05) is 17.7 Å². The van der Waals surface area contributed by atoms with Crippen LogP contribution in [0.25, 0.3) is 0 Å². The molecule has 2 aromatic carbocycles. The Morgan fingerprint density at radius 3 is 2.71 bits per heavy atom. The summed E-state index contributed by atoms with van der Waals surface area (Å²) in [7, 11) is 0. The third kappa shape index (κ3) is 6.69. The topological polar surface area (TPSA) is 70.7 Å². The van der Waals surface area contributed by atoms with Crippen molar-refractivity contribution in [2.75, 3.05) is 25.0 Å². The predicted molar refractivity (Wildman–Crippen MR) is 122 cm³/mol. The van der Waals surface area contributed by atoms with Crippen LogP contribution in [-0.4, -0.2) is 42.6 Å². The van der Waals surface area contributed by atoms with E-state index >= 15 is 0 Å². The number of urea groups is 1. The van der Waals surface area contributed by atoms with E-state index in [0.29, 0.717) is 29.9 Å². The normalized spacial score (nSPS) is 17.0. The zero-order valence-corrected chi connectivity index (χ0v) is 19.2. The fraction of sp³-hybridized carbons (Fsp3) is 0.391. The molecule has 2 atom stereocenters. The minimum Gasteiger partial charge on any atom is -0.480 e. The number of amides is 3. The number of likely N-dealkylation sites (tertiary alicyclic amines) is 1. The molecule has 8 heteroatoms. The summed E-state index contributed by atoms with van der Waals surface area (Å²) >= 11 is 3.26. The number of ether oxygens (including phenoxy) is 1. The minimum absolute atomic E-state index is 0.120. The maximum atomic E-state index is 13.2. The molecule has 3 amide bonds. The van der Waals surface area contributed by atoms with Gasteiger partial charge in [0.1, 0.15) is 11.6 Å². The van der Waals surface area contributed by atoms with Crippen molar-refractivity contribution in [3.8, 4) is 5.75 Å². The van der Waals surface area contributed by atoms with Crippen molar-refractivity contribution in [1.82, 2.24) is 10.2 Å². The molecule has 2 aromatic rings. The molecule has 1 aliphatic heterocycles. The second kappa shape index (κ2) is 10.6. The Bertz CT molecular complexity index is 923. The van der Waals surface area contributed by atoms with E-state index in [9.17, 15) is 14.0 Å². The standard InChI is InChI=1S/C23H27BrFN3O3/c1-15-5-8-19(9-6-15)27-23(30)26-13-17-4-3-11-28(14-17)22(29)16(2)31-21-10-7-18(25)12-20(21)24/h5-10,12,16-17H,3-4,11,13-14H2,1-2H3,(H2,26,27,30)/t16-,17-/m1/s1. The molecule has 2 N–H and O–H groups in total. The van der Waals surface area contributed by atoms with Crippen LogP contribution in [0.3, 0.4) is 0 Å². The van der Waals surface area contributed by atoms with E-state index in [0.717, 1.165) is 24.1 Å². The summed E-state index contributed by atoms with van der Waals surface area (Å²) in [6, 6.07) is 11.4. The Kier molecular flexibility index (Phi) is 7.90. The summed E-state index contributed by atoms with van der Waals surface area (Å²) in [5.74, 6) is 0.0949. The molecule has 3 rings (SSSR count). The second-order valence-corrected chi connectivity index (χ2v) is 8.68. The maximum absolute atomic E-state index is 13.2. The fourth-order valence-corrected chi connectivity index (χ4v) is 3.99. The van der Waals surface area contributed by atoms with Gasteiger partial charge in [0, 0.05) is 25.3 Å². The second-order valence-electron chi connectivity index (χ2n) is 7.83. The van der Waals surface area contributed by atoms with Gasteiger partial charge in [0.05, 0.1) is 4.47 Å². The molecule has 0 bridgehead atoms. The Labute approximate surface area is 190 Å². The van der Waals surface area contributed by atoms with Gasteiger partial charge in [0.25, 0.3) is 5.91 Å². The van der Waals surface area contributed by atoms with Crippen molar-refractivity contribution >= 4 is 33.6 Å². The lowest BCUT2D eigenvalue weighted by Gasteiger charge is -2.34. The van der Waals surface area contributed by atoms with Crippen LogP contribution in [0.15, 0.2) is 46.9 Å². The average molecular weight is 492 g/mol. The number of carbonyl (C=O) groups is 2. The van der Waals surface area contributed by atoms with Gasteiger partial charge in [-0.05, 0) is 78.9 Å². The largest absolute Gasteiger partial charge is 0.480 e. The predicted octanol–water partition coefficient (Wildman–Crippen LogP) is 4.72. The van der Waals surface area contributed by atoms with Crippen LogP contribution in [0, 0.1) is 18.7 Å². The quantitative estimate of drug-likeness (QED) is 0.613. The highest BCUT2D eigenvalue weighted by atomic mass is 79.9. The van der Waals surface area contributed by atoms with Crippen molar-refractivity contribution in [2.45, 2.75) is 32.8 Å². The van der Waals surface area contributed by atoms with Gasteiger partial charge in [0.15, 0.2) is 6.10 Å². The summed E-state index contributed by atoms with van der Waals surface area (Å²) in [5.41, 5.74) is 1.87. The first kappa shape index (κ1) is 23.1. The molecule has 0 saturated carbocycles. The van der Waals surface area contributed by atoms with Crippen LogP contribution in [0.2, 0.25) is 0 Å². The van der Waals surface area contributed by atoms with Crippen molar-refractivity contribution < 1.29 is 18.7 Å². The van der Waals surface area contributed by atoms with Crippen LogP contribution in [-0.2, 0) is 4.79 Å². The first-order chi connectivity index (χ1) is 14.8. The van der Waals surface area contributed by atoms with E-state index in [1.54, 1.807) is 11.8 Å². The fourth-order valence-electron chi connectivity index (χ4n) is 3.55.